The first-order valence-corrected chi connectivity index (χ1v) is 8.59. The average molecular weight is 303 g/mol. The molecule has 0 unspecified atom stereocenters. The SMILES string of the molecule is c1cc(CN(C[C@@H]2CCOC2)C2CC2)c2c(c1)OCCCO2. The maximum atomic E-state index is 5.97. The van der Waals surface area contributed by atoms with Gasteiger partial charge in [-0.15, -0.1) is 0 Å². The lowest BCUT2D eigenvalue weighted by Gasteiger charge is -2.26. The molecule has 2 fully saturated rings. The summed E-state index contributed by atoms with van der Waals surface area (Å²) in [6, 6.07) is 7.06. The van der Waals surface area contributed by atoms with Crippen LogP contribution in [0.1, 0.15) is 31.2 Å². The second-order valence-electron chi connectivity index (χ2n) is 6.69. The first-order valence-electron chi connectivity index (χ1n) is 8.59. The Hall–Kier alpha value is -1.26. The van der Waals surface area contributed by atoms with Crippen LogP contribution in [-0.4, -0.2) is 43.9 Å². The second kappa shape index (κ2) is 6.47. The monoisotopic (exact) mass is 303 g/mol. The van der Waals surface area contributed by atoms with Crippen LogP contribution in [0, 0.1) is 5.92 Å². The van der Waals surface area contributed by atoms with Crippen molar-refractivity contribution in [2.75, 3.05) is 33.0 Å². The van der Waals surface area contributed by atoms with Crippen molar-refractivity contribution >= 4 is 0 Å². The molecule has 0 amide bonds. The number of benzene rings is 1. The van der Waals surface area contributed by atoms with Crippen LogP contribution < -0.4 is 9.47 Å². The molecule has 22 heavy (non-hydrogen) atoms. The number of fused-ring (bicyclic) bond motifs is 1. The van der Waals surface area contributed by atoms with Gasteiger partial charge in [0.05, 0.1) is 19.8 Å². The molecule has 4 rings (SSSR count). The summed E-state index contributed by atoms with van der Waals surface area (Å²) in [5, 5.41) is 0. The van der Waals surface area contributed by atoms with E-state index in [2.05, 4.69) is 17.0 Å². The third-order valence-electron chi connectivity index (χ3n) is 4.81. The zero-order valence-corrected chi connectivity index (χ0v) is 13.1. The molecule has 1 aromatic rings. The summed E-state index contributed by atoms with van der Waals surface area (Å²) in [5.74, 6) is 2.57. The Kier molecular flexibility index (Phi) is 4.22. The Morgan fingerprint density at radius 3 is 2.77 bits per heavy atom. The lowest BCUT2D eigenvalue weighted by Crippen LogP contribution is -2.31. The van der Waals surface area contributed by atoms with E-state index in [1.54, 1.807) is 0 Å². The summed E-state index contributed by atoms with van der Waals surface area (Å²) < 4.78 is 17.3. The summed E-state index contributed by atoms with van der Waals surface area (Å²) >= 11 is 0. The number of ether oxygens (including phenoxy) is 3. The Bertz CT molecular complexity index is 509. The molecule has 1 atom stereocenters. The predicted molar refractivity (Wildman–Crippen MR) is 84.4 cm³/mol. The minimum Gasteiger partial charge on any atom is -0.490 e. The normalized spacial score (nSPS) is 24.5. The standard InChI is InChI=1S/C18H25NO3/c1-3-15(18-17(4-1)21-8-2-9-22-18)12-19(16-5-6-16)11-14-7-10-20-13-14/h1,3-4,14,16H,2,5-13H2/t14-/m0/s1. The molecule has 4 nitrogen and oxygen atoms in total. The molecule has 1 aromatic carbocycles. The molecule has 2 heterocycles. The van der Waals surface area contributed by atoms with Crippen molar-refractivity contribution < 1.29 is 14.2 Å². The van der Waals surface area contributed by atoms with E-state index in [0.29, 0.717) is 5.92 Å². The summed E-state index contributed by atoms with van der Waals surface area (Å²) in [5.41, 5.74) is 1.27. The number of rotatable bonds is 5. The highest BCUT2D eigenvalue weighted by Crippen LogP contribution is 2.36. The van der Waals surface area contributed by atoms with Crippen molar-refractivity contribution in [3.05, 3.63) is 23.8 Å². The smallest absolute Gasteiger partial charge is 0.165 e. The number of hydrogen-bond acceptors (Lipinski definition) is 4. The predicted octanol–water partition coefficient (Wildman–Crippen LogP) is 2.85. The lowest BCUT2D eigenvalue weighted by atomic mass is 10.1. The van der Waals surface area contributed by atoms with Gasteiger partial charge in [0.15, 0.2) is 11.5 Å². The van der Waals surface area contributed by atoms with Crippen molar-refractivity contribution in [3.8, 4) is 11.5 Å². The van der Waals surface area contributed by atoms with Gasteiger partial charge in [-0.25, -0.2) is 0 Å². The summed E-state index contributed by atoms with van der Waals surface area (Å²) in [4.78, 5) is 2.63. The third kappa shape index (κ3) is 3.23. The van der Waals surface area contributed by atoms with Gasteiger partial charge in [0, 0.05) is 37.7 Å². The molecular formula is C18H25NO3. The minimum atomic E-state index is 0.695. The molecule has 1 aliphatic carbocycles. The maximum absolute atomic E-state index is 5.97. The van der Waals surface area contributed by atoms with Crippen LogP contribution in [-0.2, 0) is 11.3 Å². The van der Waals surface area contributed by atoms with Gasteiger partial charge < -0.3 is 14.2 Å². The molecule has 3 aliphatic rings. The maximum Gasteiger partial charge on any atom is 0.165 e. The molecular weight excluding hydrogens is 278 g/mol. The molecule has 1 saturated heterocycles. The van der Waals surface area contributed by atoms with E-state index in [-0.39, 0.29) is 0 Å². The number of hydrogen-bond donors (Lipinski definition) is 0. The molecule has 4 heteroatoms. The van der Waals surface area contributed by atoms with Crippen LogP contribution in [0.5, 0.6) is 11.5 Å². The van der Waals surface area contributed by atoms with Gasteiger partial charge in [0.1, 0.15) is 0 Å². The van der Waals surface area contributed by atoms with Gasteiger partial charge in [-0.3, -0.25) is 4.90 Å². The number of para-hydroxylation sites is 1. The van der Waals surface area contributed by atoms with E-state index in [1.165, 1.54) is 24.8 Å². The van der Waals surface area contributed by atoms with Gasteiger partial charge >= 0.3 is 0 Å². The van der Waals surface area contributed by atoms with Crippen LogP contribution in [0.15, 0.2) is 18.2 Å². The Morgan fingerprint density at radius 1 is 1.05 bits per heavy atom. The molecule has 1 saturated carbocycles. The van der Waals surface area contributed by atoms with E-state index in [1.807, 2.05) is 6.07 Å². The third-order valence-corrected chi connectivity index (χ3v) is 4.81. The first kappa shape index (κ1) is 14.3. The fourth-order valence-electron chi connectivity index (χ4n) is 3.44. The first-order chi connectivity index (χ1) is 10.9. The lowest BCUT2D eigenvalue weighted by molar-refractivity contribution is 0.160. The highest BCUT2D eigenvalue weighted by Gasteiger charge is 2.32. The van der Waals surface area contributed by atoms with E-state index in [4.69, 9.17) is 14.2 Å². The molecule has 2 aliphatic heterocycles. The molecule has 0 bridgehead atoms. The minimum absolute atomic E-state index is 0.695. The van der Waals surface area contributed by atoms with Crippen molar-refractivity contribution in [2.45, 2.75) is 38.3 Å². The van der Waals surface area contributed by atoms with Crippen molar-refractivity contribution in [3.63, 3.8) is 0 Å². The largest absolute Gasteiger partial charge is 0.490 e. The van der Waals surface area contributed by atoms with Gasteiger partial charge in [0.2, 0.25) is 0 Å². The average Bonchev–Trinajstić information content (AvgIpc) is 3.30. The van der Waals surface area contributed by atoms with Crippen molar-refractivity contribution in [1.29, 1.82) is 0 Å². The molecule has 0 aromatic heterocycles. The fraction of sp³-hybridized carbons (Fsp3) is 0.667. The van der Waals surface area contributed by atoms with Gasteiger partial charge in [-0.2, -0.15) is 0 Å². The summed E-state index contributed by atoms with van der Waals surface area (Å²) in [6.07, 6.45) is 4.83. The van der Waals surface area contributed by atoms with E-state index in [0.717, 1.165) is 63.5 Å². The zero-order valence-electron chi connectivity index (χ0n) is 13.1. The molecule has 0 radical (unpaired) electrons. The molecule has 0 spiro atoms. The van der Waals surface area contributed by atoms with Crippen molar-refractivity contribution in [2.24, 2.45) is 5.92 Å². The second-order valence-corrected chi connectivity index (χ2v) is 6.69. The van der Waals surface area contributed by atoms with Crippen molar-refractivity contribution in [1.82, 2.24) is 4.90 Å². The zero-order chi connectivity index (χ0) is 14.8. The van der Waals surface area contributed by atoms with Crippen LogP contribution >= 0.6 is 0 Å². The fourth-order valence-corrected chi connectivity index (χ4v) is 3.44. The van der Waals surface area contributed by atoms with Gasteiger partial charge in [-0.05, 0) is 31.2 Å². The highest BCUT2D eigenvalue weighted by molar-refractivity contribution is 5.47. The van der Waals surface area contributed by atoms with E-state index >= 15 is 0 Å². The van der Waals surface area contributed by atoms with E-state index < -0.39 is 0 Å². The molecule has 120 valence electrons. The molecule has 0 N–H and O–H groups in total. The van der Waals surface area contributed by atoms with Crippen LogP contribution in [0.3, 0.4) is 0 Å². The topological polar surface area (TPSA) is 30.9 Å². The summed E-state index contributed by atoms with van der Waals surface area (Å²) in [6.45, 7) is 5.48. The summed E-state index contributed by atoms with van der Waals surface area (Å²) in [7, 11) is 0. The Labute approximate surface area is 132 Å². The van der Waals surface area contributed by atoms with E-state index in [9.17, 15) is 0 Å². The van der Waals surface area contributed by atoms with Crippen LogP contribution in [0.25, 0.3) is 0 Å². The van der Waals surface area contributed by atoms with Crippen LogP contribution in [0.4, 0.5) is 0 Å². The Morgan fingerprint density at radius 2 is 1.95 bits per heavy atom. The highest BCUT2D eigenvalue weighted by atomic mass is 16.5. The van der Waals surface area contributed by atoms with Gasteiger partial charge in [-0.1, -0.05) is 12.1 Å². The number of nitrogens with zero attached hydrogens (tertiary/aromatic N) is 1. The van der Waals surface area contributed by atoms with Gasteiger partial charge in [0.25, 0.3) is 0 Å². The quantitative estimate of drug-likeness (QED) is 0.837. The Balaban J connectivity index is 1.50. The van der Waals surface area contributed by atoms with Crippen LogP contribution in [0.2, 0.25) is 0 Å².